The number of nitro groups is 1. The van der Waals surface area contributed by atoms with Crippen LogP contribution in [0.1, 0.15) is 26.2 Å². The summed E-state index contributed by atoms with van der Waals surface area (Å²) >= 11 is 5.83. The maximum atomic E-state index is 11.0. The van der Waals surface area contributed by atoms with Gasteiger partial charge in [0.15, 0.2) is 0 Å². The number of aromatic nitrogens is 1. The fraction of sp³-hybridized carbons (Fsp3) is 0.583. The third-order valence-corrected chi connectivity index (χ3v) is 3.59. The van der Waals surface area contributed by atoms with Crippen LogP contribution < -0.4 is 4.90 Å². The summed E-state index contributed by atoms with van der Waals surface area (Å²) in [6.45, 7) is 2.95. The molecule has 6 nitrogen and oxygen atoms in total. The predicted molar refractivity (Wildman–Crippen MR) is 72.6 cm³/mol. The van der Waals surface area contributed by atoms with E-state index in [1.54, 1.807) is 6.92 Å². The van der Waals surface area contributed by atoms with Gasteiger partial charge in [-0.15, -0.1) is 0 Å². The lowest BCUT2D eigenvalue weighted by Crippen LogP contribution is -2.29. The first-order valence-corrected chi connectivity index (χ1v) is 6.55. The lowest BCUT2D eigenvalue weighted by Gasteiger charge is -2.23. The molecule has 1 unspecified atom stereocenters. The number of nitrogens with zero attached hydrogens (tertiary/aromatic N) is 3. The van der Waals surface area contributed by atoms with E-state index in [0.29, 0.717) is 25.9 Å². The van der Waals surface area contributed by atoms with Gasteiger partial charge in [0.2, 0.25) is 5.82 Å². The van der Waals surface area contributed by atoms with Gasteiger partial charge in [0, 0.05) is 19.2 Å². The molecule has 0 bridgehead atoms. The molecule has 0 amide bonds. The van der Waals surface area contributed by atoms with Gasteiger partial charge in [-0.05, 0) is 32.3 Å². The van der Waals surface area contributed by atoms with Crippen LogP contribution in [0.25, 0.3) is 0 Å². The molecule has 0 radical (unpaired) electrons. The van der Waals surface area contributed by atoms with Crippen LogP contribution in [0.2, 0.25) is 5.15 Å². The van der Waals surface area contributed by atoms with Crippen LogP contribution in [0.3, 0.4) is 0 Å². The molecule has 104 valence electrons. The van der Waals surface area contributed by atoms with Crippen molar-refractivity contribution in [3.8, 4) is 0 Å². The van der Waals surface area contributed by atoms with Crippen LogP contribution in [0.15, 0.2) is 12.1 Å². The van der Waals surface area contributed by atoms with E-state index in [-0.39, 0.29) is 16.7 Å². The molecule has 0 aromatic carbocycles. The van der Waals surface area contributed by atoms with E-state index < -0.39 is 10.5 Å². The zero-order chi connectivity index (χ0) is 14.0. The molecule has 0 saturated carbocycles. The fourth-order valence-electron chi connectivity index (χ4n) is 2.27. The third kappa shape index (κ3) is 3.33. The fourth-order valence-corrected chi connectivity index (χ4v) is 2.41. The summed E-state index contributed by atoms with van der Waals surface area (Å²) in [5.41, 5.74) is -0.770. The molecule has 1 fully saturated rings. The topological polar surface area (TPSA) is 79.5 Å². The molecule has 1 aliphatic rings. The van der Waals surface area contributed by atoms with Crippen LogP contribution >= 0.6 is 11.6 Å². The van der Waals surface area contributed by atoms with Gasteiger partial charge < -0.3 is 10.0 Å². The number of aliphatic hydroxyl groups is 1. The van der Waals surface area contributed by atoms with E-state index in [1.165, 1.54) is 12.1 Å². The number of hydrogen-bond donors (Lipinski definition) is 1. The average Bonchev–Trinajstić information content (AvgIpc) is 2.49. The van der Waals surface area contributed by atoms with Crippen LogP contribution in [0.5, 0.6) is 0 Å². The number of rotatable bonds is 2. The standard InChI is InChI=1S/C12H16ClN3O3/c1-12(17)5-2-7-15(8-6-12)11-9(16(18)19)3-4-10(13)14-11/h3-4,17H,2,5-8H2,1H3. The molecule has 1 atom stereocenters. The molecule has 1 aromatic rings. The van der Waals surface area contributed by atoms with Gasteiger partial charge >= 0.3 is 5.69 Å². The maximum Gasteiger partial charge on any atom is 0.311 e. The summed E-state index contributed by atoms with van der Waals surface area (Å²) in [5, 5.41) is 21.3. The zero-order valence-corrected chi connectivity index (χ0v) is 11.4. The Morgan fingerprint density at radius 2 is 2.21 bits per heavy atom. The Kier molecular flexibility index (Phi) is 3.91. The van der Waals surface area contributed by atoms with Crippen molar-refractivity contribution in [3.63, 3.8) is 0 Å². The molecule has 1 N–H and O–H groups in total. The molecule has 0 aliphatic carbocycles. The minimum atomic E-state index is -0.720. The van der Waals surface area contributed by atoms with E-state index in [1.807, 2.05) is 4.90 Å². The lowest BCUT2D eigenvalue weighted by atomic mass is 9.98. The summed E-state index contributed by atoms with van der Waals surface area (Å²) in [5.74, 6) is 0.287. The van der Waals surface area contributed by atoms with Gasteiger partial charge in [0.25, 0.3) is 0 Å². The lowest BCUT2D eigenvalue weighted by molar-refractivity contribution is -0.384. The highest BCUT2D eigenvalue weighted by atomic mass is 35.5. The Bertz CT molecular complexity index is 493. The monoisotopic (exact) mass is 285 g/mol. The first-order chi connectivity index (χ1) is 8.89. The third-order valence-electron chi connectivity index (χ3n) is 3.38. The van der Waals surface area contributed by atoms with E-state index >= 15 is 0 Å². The van der Waals surface area contributed by atoms with Gasteiger partial charge in [-0.1, -0.05) is 11.6 Å². The number of halogens is 1. The zero-order valence-electron chi connectivity index (χ0n) is 10.7. The summed E-state index contributed by atoms with van der Waals surface area (Å²) in [6.07, 6.45) is 1.99. The molecule has 0 spiro atoms. The van der Waals surface area contributed by atoms with Gasteiger partial charge in [-0.2, -0.15) is 0 Å². The molecule has 7 heteroatoms. The van der Waals surface area contributed by atoms with Crippen molar-refractivity contribution in [2.45, 2.75) is 31.8 Å². The largest absolute Gasteiger partial charge is 0.390 e. The van der Waals surface area contributed by atoms with Crippen molar-refractivity contribution in [1.82, 2.24) is 4.98 Å². The summed E-state index contributed by atoms with van der Waals surface area (Å²) in [7, 11) is 0. The van der Waals surface area contributed by atoms with Crippen LogP contribution in [0, 0.1) is 10.1 Å². The van der Waals surface area contributed by atoms with Crippen molar-refractivity contribution in [2.24, 2.45) is 0 Å². The normalized spacial score (nSPS) is 24.1. The minimum Gasteiger partial charge on any atom is -0.390 e. The van der Waals surface area contributed by atoms with Gasteiger partial charge in [0.05, 0.1) is 10.5 Å². The van der Waals surface area contributed by atoms with E-state index in [9.17, 15) is 15.2 Å². The van der Waals surface area contributed by atoms with Crippen molar-refractivity contribution in [3.05, 3.63) is 27.4 Å². The quantitative estimate of drug-likeness (QED) is 0.513. The van der Waals surface area contributed by atoms with Crippen molar-refractivity contribution >= 4 is 23.1 Å². The van der Waals surface area contributed by atoms with Crippen molar-refractivity contribution in [2.75, 3.05) is 18.0 Å². The molecule has 1 saturated heterocycles. The van der Waals surface area contributed by atoms with Gasteiger partial charge in [-0.3, -0.25) is 10.1 Å². The molecular weight excluding hydrogens is 270 g/mol. The average molecular weight is 286 g/mol. The van der Waals surface area contributed by atoms with Gasteiger partial charge in [0.1, 0.15) is 5.15 Å². The summed E-state index contributed by atoms with van der Waals surface area (Å²) in [6, 6.07) is 2.78. The predicted octanol–water partition coefficient (Wildman–Crippen LogP) is 2.38. The first-order valence-electron chi connectivity index (χ1n) is 6.17. The molecule has 2 rings (SSSR count). The Balaban J connectivity index is 2.30. The Hall–Kier alpha value is -1.40. The van der Waals surface area contributed by atoms with E-state index in [0.717, 1.165) is 6.42 Å². The van der Waals surface area contributed by atoms with Crippen molar-refractivity contribution < 1.29 is 10.0 Å². The van der Waals surface area contributed by atoms with Crippen molar-refractivity contribution in [1.29, 1.82) is 0 Å². The second-order valence-electron chi connectivity index (χ2n) is 5.07. The Morgan fingerprint density at radius 3 is 2.89 bits per heavy atom. The van der Waals surface area contributed by atoms with Crippen LogP contribution in [-0.2, 0) is 0 Å². The number of anilines is 1. The smallest absolute Gasteiger partial charge is 0.311 e. The highest BCUT2D eigenvalue weighted by Gasteiger charge is 2.28. The molecular formula is C12H16ClN3O3. The highest BCUT2D eigenvalue weighted by Crippen LogP contribution is 2.31. The summed E-state index contributed by atoms with van der Waals surface area (Å²) in [4.78, 5) is 16.5. The first kappa shape index (κ1) is 14.0. The minimum absolute atomic E-state index is 0.0501. The molecule has 1 aromatic heterocycles. The summed E-state index contributed by atoms with van der Waals surface area (Å²) < 4.78 is 0. The van der Waals surface area contributed by atoms with Crippen LogP contribution in [0.4, 0.5) is 11.5 Å². The second-order valence-corrected chi connectivity index (χ2v) is 5.46. The molecule has 2 heterocycles. The van der Waals surface area contributed by atoms with E-state index in [2.05, 4.69) is 4.98 Å². The number of hydrogen-bond acceptors (Lipinski definition) is 5. The Labute approximate surface area is 116 Å². The Morgan fingerprint density at radius 1 is 1.47 bits per heavy atom. The second kappa shape index (κ2) is 5.30. The van der Waals surface area contributed by atoms with Crippen LogP contribution in [-0.4, -0.2) is 33.7 Å². The maximum absolute atomic E-state index is 11.0. The highest BCUT2D eigenvalue weighted by molar-refractivity contribution is 6.29. The van der Waals surface area contributed by atoms with Gasteiger partial charge in [-0.25, -0.2) is 4.98 Å². The molecule has 19 heavy (non-hydrogen) atoms. The SMILES string of the molecule is CC1(O)CCCN(c2nc(Cl)ccc2[N+](=O)[O-])CC1. The number of pyridine rings is 1. The van der Waals surface area contributed by atoms with E-state index in [4.69, 9.17) is 11.6 Å². The molecule has 1 aliphatic heterocycles.